The summed E-state index contributed by atoms with van der Waals surface area (Å²) in [4.78, 5) is 23.6. The lowest BCUT2D eigenvalue weighted by Crippen LogP contribution is -2.32. The molecule has 104 valence electrons. The lowest BCUT2D eigenvalue weighted by molar-refractivity contribution is -0.142. The SMILES string of the molecule is C=C1C(=O)O[C@H]2C[C@]3(C)O[C@@H]3/C=C\C3=C[C@@H](OC3=O)[C@H]12. The molecule has 3 aliphatic heterocycles. The van der Waals surface area contributed by atoms with Gasteiger partial charge in [0.25, 0.3) is 0 Å². The van der Waals surface area contributed by atoms with Gasteiger partial charge < -0.3 is 14.2 Å². The number of ether oxygens (including phenoxy) is 3. The predicted octanol–water partition coefficient (Wildman–Crippen LogP) is 1.05. The van der Waals surface area contributed by atoms with E-state index in [1.807, 2.05) is 13.0 Å². The van der Waals surface area contributed by atoms with Gasteiger partial charge in [0.05, 0.1) is 17.1 Å². The highest BCUT2D eigenvalue weighted by molar-refractivity contribution is 5.95. The van der Waals surface area contributed by atoms with E-state index in [0.29, 0.717) is 17.6 Å². The van der Waals surface area contributed by atoms with Gasteiger partial charge in [-0.2, -0.15) is 0 Å². The molecule has 2 fully saturated rings. The smallest absolute Gasteiger partial charge is 0.338 e. The van der Waals surface area contributed by atoms with Gasteiger partial charge in [0.1, 0.15) is 18.3 Å². The first kappa shape index (κ1) is 11.9. The molecule has 1 aliphatic carbocycles. The number of epoxide rings is 1. The molecule has 2 saturated heterocycles. The van der Waals surface area contributed by atoms with Gasteiger partial charge >= 0.3 is 11.9 Å². The van der Waals surface area contributed by atoms with Crippen molar-refractivity contribution in [1.82, 2.24) is 0 Å². The Bertz CT molecular complexity index is 601. The third kappa shape index (κ3) is 1.53. The maximum absolute atomic E-state index is 11.8. The van der Waals surface area contributed by atoms with Crippen molar-refractivity contribution in [1.29, 1.82) is 0 Å². The van der Waals surface area contributed by atoms with Gasteiger partial charge in [0.15, 0.2) is 0 Å². The molecule has 5 heteroatoms. The van der Waals surface area contributed by atoms with Crippen molar-refractivity contribution in [2.45, 2.75) is 37.3 Å². The molecule has 5 nitrogen and oxygen atoms in total. The molecule has 0 aromatic rings. The molecule has 4 aliphatic rings. The molecular weight excluding hydrogens is 260 g/mol. The van der Waals surface area contributed by atoms with Crippen molar-refractivity contribution in [3.63, 3.8) is 0 Å². The molecule has 0 aromatic heterocycles. The van der Waals surface area contributed by atoms with Gasteiger partial charge in [-0.1, -0.05) is 12.7 Å². The van der Waals surface area contributed by atoms with Crippen LogP contribution >= 0.6 is 0 Å². The van der Waals surface area contributed by atoms with Gasteiger partial charge in [-0.05, 0) is 19.1 Å². The number of fused-ring (bicyclic) bond motifs is 4. The summed E-state index contributed by atoms with van der Waals surface area (Å²) in [5.74, 6) is -1.11. The van der Waals surface area contributed by atoms with E-state index in [4.69, 9.17) is 14.2 Å². The molecule has 0 radical (unpaired) electrons. The first-order chi connectivity index (χ1) is 9.48. The van der Waals surface area contributed by atoms with E-state index in [2.05, 4.69) is 6.58 Å². The topological polar surface area (TPSA) is 65.1 Å². The quantitative estimate of drug-likeness (QED) is 0.375. The van der Waals surface area contributed by atoms with Crippen LogP contribution in [0.5, 0.6) is 0 Å². The number of carbonyl (C=O) groups is 2. The number of hydrogen-bond donors (Lipinski definition) is 0. The molecule has 5 atom stereocenters. The lowest BCUT2D eigenvalue weighted by Gasteiger charge is -2.23. The minimum absolute atomic E-state index is 0.0541. The number of hydrogen-bond acceptors (Lipinski definition) is 5. The first-order valence-corrected chi connectivity index (χ1v) is 6.66. The van der Waals surface area contributed by atoms with Gasteiger partial charge in [-0.15, -0.1) is 0 Å². The average molecular weight is 274 g/mol. The summed E-state index contributed by atoms with van der Waals surface area (Å²) in [7, 11) is 0. The third-order valence-corrected chi connectivity index (χ3v) is 4.50. The second-order valence-corrected chi connectivity index (χ2v) is 5.90. The number of esters is 2. The molecule has 3 heterocycles. The lowest BCUT2D eigenvalue weighted by atomic mass is 9.84. The van der Waals surface area contributed by atoms with Crippen LogP contribution in [0.2, 0.25) is 0 Å². The Morgan fingerprint density at radius 1 is 1.30 bits per heavy atom. The standard InChI is InChI=1S/C15H14O5/c1-7-12-9-5-8(14(17)18-9)3-4-11-15(2,20-11)6-10(12)19-13(7)16/h3-5,9-12H,1,6H2,2H3/b4-3-/t9-,10+,11-,12+,15+/m1/s1. The van der Waals surface area contributed by atoms with Crippen molar-refractivity contribution in [3.05, 3.63) is 36.0 Å². The van der Waals surface area contributed by atoms with Gasteiger partial charge in [0, 0.05) is 12.0 Å². The fourth-order valence-corrected chi connectivity index (χ4v) is 3.25. The Hall–Kier alpha value is -1.88. The van der Waals surface area contributed by atoms with Gasteiger partial charge in [-0.3, -0.25) is 0 Å². The van der Waals surface area contributed by atoms with Crippen LogP contribution in [0, 0.1) is 5.92 Å². The van der Waals surface area contributed by atoms with E-state index in [1.165, 1.54) is 0 Å². The maximum atomic E-state index is 11.8. The highest BCUT2D eigenvalue weighted by Crippen LogP contribution is 2.47. The minimum Gasteiger partial charge on any atom is -0.458 e. The Morgan fingerprint density at radius 2 is 2.10 bits per heavy atom. The van der Waals surface area contributed by atoms with Crippen molar-refractivity contribution >= 4 is 11.9 Å². The summed E-state index contributed by atoms with van der Waals surface area (Å²) < 4.78 is 16.4. The predicted molar refractivity (Wildman–Crippen MR) is 67.5 cm³/mol. The average Bonchev–Trinajstić information content (AvgIpc) is 2.74. The van der Waals surface area contributed by atoms with Gasteiger partial charge in [0.2, 0.25) is 0 Å². The highest BCUT2D eigenvalue weighted by Gasteiger charge is 2.57. The van der Waals surface area contributed by atoms with Crippen molar-refractivity contribution in [2.75, 3.05) is 0 Å². The largest absolute Gasteiger partial charge is 0.458 e. The summed E-state index contributed by atoms with van der Waals surface area (Å²) in [6.07, 6.45) is 5.03. The second-order valence-electron chi connectivity index (χ2n) is 5.90. The zero-order valence-electron chi connectivity index (χ0n) is 11.0. The molecule has 0 unspecified atom stereocenters. The van der Waals surface area contributed by atoms with Crippen LogP contribution in [0.3, 0.4) is 0 Å². The van der Waals surface area contributed by atoms with E-state index >= 15 is 0 Å². The molecule has 0 aromatic carbocycles. The Labute approximate surface area is 115 Å². The normalized spacial score (nSPS) is 46.9. The summed E-state index contributed by atoms with van der Waals surface area (Å²) in [5.41, 5.74) is 0.529. The number of carbonyl (C=O) groups excluding carboxylic acids is 2. The van der Waals surface area contributed by atoms with Crippen molar-refractivity contribution in [3.8, 4) is 0 Å². The van der Waals surface area contributed by atoms with Crippen molar-refractivity contribution in [2.24, 2.45) is 5.92 Å². The van der Waals surface area contributed by atoms with Crippen LogP contribution in [-0.4, -0.2) is 35.9 Å². The molecule has 0 spiro atoms. The van der Waals surface area contributed by atoms with E-state index in [1.54, 1.807) is 12.2 Å². The minimum atomic E-state index is -0.481. The Balaban J connectivity index is 1.77. The van der Waals surface area contributed by atoms with E-state index < -0.39 is 12.1 Å². The number of rotatable bonds is 0. The summed E-state index contributed by atoms with van der Waals surface area (Å²) >= 11 is 0. The monoisotopic (exact) mass is 274 g/mol. The molecule has 0 amide bonds. The van der Waals surface area contributed by atoms with Crippen LogP contribution in [0.1, 0.15) is 13.3 Å². The van der Waals surface area contributed by atoms with Crippen LogP contribution < -0.4 is 0 Å². The Kier molecular flexibility index (Phi) is 2.15. The van der Waals surface area contributed by atoms with Crippen LogP contribution in [0.25, 0.3) is 0 Å². The van der Waals surface area contributed by atoms with Crippen LogP contribution in [-0.2, 0) is 23.8 Å². The summed E-state index contributed by atoms with van der Waals surface area (Å²) in [5, 5.41) is 0. The first-order valence-electron chi connectivity index (χ1n) is 6.66. The summed E-state index contributed by atoms with van der Waals surface area (Å²) in [6.45, 7) is 5.78. The molecule has 0 saturated carbocycles. The molecule has 2 bridgehead atoms. The molecular formula is C15H14O5. The van der Waals surface area contributed by atoms with E-state index in [-0.39, 0.29) is 29.7 Å². The highest BCUT2D eigenvalue weighted by atomic mass is 16.6. The molecule has 4 rings (SSSR count). The van der Waals surface area contributed by atoms with Gasteiger partial charge in [-0.25, -0.2) is 9.59 Å². The van der Waals surface area contributed by atoms with E-state index in [0.717, 1.165) is 0 Å². The third-order valence-electron chi connectivity index (χ3n) is 4.50. The van der Waals surface area contributed by atoms with Crippen molar-refractivity contribution < 1.29 is 23.8 Å². The maximum Gasteiger partial charge on any atom is 0.338 e. The Morgan fingerprint density at radius 3 is 2.90 bits per heavy atom. The van der Waals surface area contributed by atoms with Crippen LogP contribution in [0.4, 0.5) is 0 Å². The molecule has 0 N–H and O–H groups in total. The fourth-order valence-electron chi connectivity index (χ4n) is 3.25. The zero-order valence-corrected chi connectivity index (χ0v) is 11.0. The summed E-state index contributed by atoms with van der Waals surface area (Å²) in [6, 6.07) is 0. The van der Waals surface area contributed by atoms with E-state index in [9.17, 15) is 9.59 Å². The second kappa shape index (κ2) is 3.61. The fraction of sp³-hybridized carbons (Fsp3) is 0.467. The molecule has 20 heavy (non-hydrogen) atoms. The van der Waals surface area contributed by atoms with Crippen LogP contribution in [0.15, 0.2) is 36.0 Å². The zero-order chi connectivity index (χ0) is 14.1.